The zero-order valence-corrected chi connectivity index (χ0v) is 15.4. The third kappa shape index (κ3) is 4.54. The summed E-state index contributed by atoms with van der Waals surface area (Å²) in [7, 11) is 0. The van der Waals surface area contributed by atoms with E-state index in [9.17, 15) is 9.59 Å². The molecule has 2 amide bonds. The molecule has 0 unspecified atom stereocenters. The van der Waals surface area contributed by atoms with Crippen LogP contribution in [0.3, 0.4) is 0 Å². The Balaban J connectivity index is 1.54. The van der Waals surface area contributed by atoms with Gasteiger partial charge in [0.1, 0.15) is 5.82 Å². The molecule has 1 aromatic rings. The molecule has 3 rings (SSSR count). The van der Waals surface area contributed by atoms with E-state index in [0.717, 1.165) is 36.7 Å². The van der Waals surface area contributed by atoms with Crippen molar-refractivity contribution in [1.82, 2.24) is 15.2 Å². The van der Waals surface area contributed by atoms with E-state index in [1.165, 1.54) is 0 Å². The van der Waals surface area contributed by atoms with Crippen molar-refractivity contribution in [2.24, 2.45) is 5.92 Å². The van der Waals surface area contributed by atoms with Crippen molar-refractivity contribution in [2.45, 2.75) is 44.7 Å². The Morgan fingerprint density at radius 2 is 2.12 bits per heavy atom. The van der Waals surface area contributed by atoms with Gasteiger partial charge >= 0.3 is 0 Å². The van der Waals surface area contributed by atoms with Crippen LogP contribution >= 0.6 is 15.9 Å². The Labute approximate surface area is 150 Å². The van der Waals surface area contributed by atoms with Gasteiger partial charge in [-0.25, -0.2) is 4.98 Å². The summed E-state index contributed by atoms with van der Waals surface area (Å²) < 4.78 is 0.875. The van der Waals surface area contributed by atoms with Crippen LogP contribution in [0.4, 0.5) is 5.82 Å². The van der Waals surface area contributed by atoms with Crippen LogP contribution in [-0.4, -0.2) is 46.9 Å². The van der Waals surface area contributed by atoms with Crippen LogP contribution in [0.2, 0.25) is 0 Å². The monoisotopic (exact) mass is 394 g/mol. The highest BCUT2D eigenvalue weighted by Gasteiger charge is 2.33. The zero-order chi connectivity index (χ0) is 17.1. The van der Waals surface area contributed by atoms with Gasteiger partial charge in [0.05, 0.1) is 12.0 Å². The van der Waals surface area contributed by atoms with Gasteiger partial charge in [-0.05, 0) is 67.2 Å². The maximum Gasteiger partial charge on any atom is 0.237 e. The molecule has 2 fully saturated rings. The average molecular weight is 395 g/mol. The molecule has 24 heavy (non-hydrogen) atoms. The number of carbonyl (C=O) groups excluding carboxylic acids is 2. The van der Waals surface area contributed by atoms with Crippen molar-refractivity contribution in [1.29, 1.82) is 0 Å². The minimum atomic E-state index is -0.188. The third-order valence-electron chi connectivity index (χ3n) is 4.65. The van der Waals surface area contributed by atoms with E-state index in [0.29, 0.717) is 18.4 Å². The van der Waals surface area contributed by atoms with E-state index < -0.39 is 0 Å². The number of carbonyl (C=O) groups is 2. The third-order valence-corrected chi connectivity index (χ3v) is 5.12. The van der Waals surface area contributed by atoms with E-state index in [1.807, 2.05) is 13.0 Å². The standard InChI is InChI=1S/C17H23BrN4O2/c1-11(16(23)20-14-5-6-14)22-8-2-3-12(10-22)17(24)21-15-7-4-13(18)9-19-15/h4,7,9,11-12,14H,2-3,5-6,8,10H2,1H3,(H,20,23)(H,19,21,24)/t11-,12-/m0/s1. The van der Waals surface area contributed by atoms with Gasteiger partial charge < -0.3 is 10.6 Å². The first-order valence-electron chi connectivity index (χ1n) is 8.50. The van der Waals surface area contributed by atoms with E-state index in [-0.39, 0.29) is 23.8 Å². The summed E-state index contributed by atoms with van der Waals surface area (Å²) in [6.07, 6.45) is 5.60. The topological polar surface area (TPSA) is 74.3 Å². The predicted molar refractivity (Wildman–Crippen MR) is 95.5 cm³/mol. The highest BCUT2D eigenvalue weighted by atomic mass is 79.9. The summed E-state index contributed by atoms with van der Waals surface area (Å²) in [4.78, 5) is 31.0. The number of halogens is 1. The highest BCUT2D eigenvalue weighted by molar-refractivity contribution is 9.10. The van der Waals surface area contributed by atoms with Crippen molar-refractivity contribution in [2.75, 3.05) is 18.4 Å². The maximum atomic E-state index is 12.5. The van der Waals surface area contributed by atoms with Gasteiger partial charge in [0.25, 0.3) is 0 Å². The molecule has 1 saturated carbocycles. The lowest BCUT2D eigenvalue weighted by Gasteiger charge is -2.35. The smallest absolute Gasteiger partial charge is 0.237 e. The Hall–Kier alpha value is -1.47. The summed E-state index contributed by atoms with van der Waals surface area (Å²) in [6.45, 7) is 3.40. The minimum Gasteiger partial charge on any atom is -0.352 e. The molecule has 2 aliphatic rings. The van der Waals surface area contributed by atoms with E-state index in [4.69, 9.17) is 0 Å². The maximum absolute atomic E-state index is 12.5. The number of aromatic nitrogens is 1. The minimum absolute atomic E-state index is 0.0238. The number of nitrogens with zero attached hydrogens (tertiary/aromatic N) is 2. The van der Waals surface area contributed by atoms with Crippen molar-refractivity contribution >= 4 is 33.6 Å². The fourth-order valence-electron chi connectivity index (χ4n) is 2.97. The molecule has 2 heterocycles. The van der Waals surface area contributed by atoms with Crippen LogP contribution in [0.5, 0.6) is 0 Å². The van der Waals surface area contributed by atoms with Crippen molar-refractivity contribution in [3.05, 3.63) is 22.8 Å². The molecule has 1 saturated heterocycles. The molecule has 6 nitrogen and oxygen atoms in total. The summed E-state index contributed by atoms with van der Waals surface area (Å²) in [5.74, 6) is 0.498. The fraction of sp³-hybridized carbons (Fsp3) is 0.588. The van der Waals surface area contributed by atoms with Gasteiger partial charge in [-0.3, -0.25) is 14.5 Å². The second-order valence-corrected chi connectivity index (χ2v) is 7.56. The Morgan fingerprint density at radius 3 is 2.79 bits per heavy atom. The number of piperidine rings is 1. The van der Waals surface area contributed by atoms with Crippen LogP contribution < -0.4 is 10.6 Å². The first-order valence-corrected chi connectivity index (χ1v) is 9.29. The fourth-order valence-corrected chi connectivity index (χ4v) is 3.20. The van der Waals surface area contributed by atoms with E-state index in [1.54, 1.807) is 12.3 Å². The summed E-state index contributed by atoms with van der Waals surface area (Å²) in [6, 6.07) is 3.80. The van der Waals surface area contributed by atoms with Gasteiger partial charge in [-0.1, -0.05) is 0 Å². The zero-order valence-electron chi connectivity index (χ0n) is 13.8. The van der Waals surface area contributed by atoms with Gasteiger partial charge in [0, 0.05) is 23.3 Å². The number of anilines is 1. The SMILES string of the molecule is C[C@@H](C(=O)NC1CC1)N1CCC[C@H](C(=O)Nc2ccc(Br)cn2)C1. The van der Waals surface area contributed by atoms with Crippen LogP contribution in [-0.2, 0) is 9.59 Å². The van der Waals surface area contributed by atoms with Crippen molar-refractivity contribution in [3.63, 3.8) is 0 Å². The largest absolute Gasteiger partial charge is 0.352 e. The Kier molecular flexibility index (Phi) is 5.50. The van der Waals surface area contributed by atoms with Gasteiger partial charge in [0.2, 0.25) is 11.8 Å². The lowest BCUT2D eigenvalue weighted by molar-refractivity contribution is -0.129. The lowest BCUT2D eigenvalue weighted by atomic mass is 9.96. The quantitative estimate of drug-likeness (QED) is 0.802. The molecule has 130 valence electrons. The van der Waals surface area contributed by atoms with Crippen LogP contribution in [0.25, 0.3) is 0 Å². The first-order chi connectivity index (χ1) is 11.5. The van der Waals surface area contributed by atoms with Gasteiger partial charge in [-0.15, -0.1) is 0 Å². The normalized spacial score (nSPS) is 22.7. The van der Waals surface area contributed by atoms with Crippen molar-refractivity contribution in [3.8, 4) is 0 Å². The molecule has 1 aliphatic carbocycles. The second-order valence-electron chi connectivity index (χ2n) is 6.64. The number of pyridine rings is 1. The molecular weight excluding hydrogens is 372 g/mol. The first kappa shape index (κ1) is 17.4. The average Bonchev–Trinajstić information content (AvgIpc) is 3.40. The number of rotatable bonds is 5. The van der Waals surface area contributed by atoms with Crippen molar-refractivity contribution < 1.29 is 9.59 Å². The molecule has 1 aliphatic heterocycles. The molecular formula is C17H23BrN4O2. The van der Waals surface area contributed by atoms with Crippen LogP contribution in [0.1, 0.15) is 32.6 Å². The number of amides is 2. The predicted octanol–water partition coefficient (Wildman–Crippen LogP) is 2.16. The summed E-state index contributed by atoms with van der Waals surface area (Å²) >= 11 is 3.33. The number of hydrogen-bond donors (Lipinski definition) is 2. The lowest BCUT2D eigenvalue weighted by Crippen LogP contribution is -2.51. The van der Waals surface area contributed by atoms with E-state index in [2.05, 4.69) is 36.4 Å². The Morgan fingerprint density at radius 1 is 1.33 bits per heavy atom. The molecule has 0 radical (unpaired) electrons. The number of hydrogen-bond acceptors (Lipinski definition) is 4. The summed E-state index contributed by atoms with van der Waals surface area (Å²) in [5.41, 5.74) is 0. The molecule has 0 bridgehead atoms. The highest BCUT2D eigenvalue weighted by Crippen LogP contribution is 2.22. The summed E-state index contributed by atoms with van der Waals surface area (Å²) in [5, 5.41) is 5.92. The number of nitrogens with one attached hydrogen (secondary N) is 2. The molecule has 2 atom stereocenters. The van der Waals surface area contributed by atoms with Gasteiger partial charge in [0.15, 0.2) is 0 Å². The molecule has 7 heteroatoms. The Bertz CT molecular complexity index is 603. The molecule has 0 spiro atoms. The number of likely N-dealkylation sites (tertiary alicyclic amines) is 1. The molecule has 0 aromatic carbocycles. The van der Waals surface area contributed by atoms with Crippen LogP contribution in [0.15, 0.2) is 22.8 Å². The molecule has 2 N–H and O–H groups in total. The van der Waals surface area contributed by atoms with Crippen LogP contribution in [0, 0.1) is 5.92 Å². The molecule has 1 aromatic heterocycles. The van der Waals surface area contributed by atoms with Gasteiger partial charge in [-0.2, -0.15) is 0 Å². The van der Waals surface area contributed by atoms with E-state index >= 15 is 0 Å². The second kappa shape index (κ2) is 7.61.